The van der Waals surface area contributed by atoms with Crippen molar-refractivity contribution in [1.29, 1.82) is 0 Å². The number of rotatable bonds is 7. The van der Waals surface area contributed by atoms with Gasteiger partial charge >= 0.3 is 0 Å². The van der Waals surface area contributed by atoms with Crippen molar-refractivity contribution < 1.29 is 19.1 Å². The highest BCUT2D eigenvalue weighted by Crippen LogP contribution is 2.28. The third-order valence-electron chi connectivity index (χ3n) is 5.25. The van der Waals surface area contributed by atoms with Gasteiger partial charge in [-0.1, -0.05) is 30.3 Å². The molecule has 0 radical (unpaired) electrons. The van der Waals surface area contributed by atoms with E-state index < -0.39 is 5.92 Å². The summed E-state index contributed by atoms with van der Waals surface area (Å²) in [5, 5.41) is 2.90. The zero-order chi connectivity index (χ0) is 21.6. The predicted molar refractivity (Wildman–Crippen MR) is 119 cm³/mol. The average Bonchev–Trinajstić information content (AvgIpc) is 3.21. The fourth-order valence-electron chi connectivity index (χ4n) is 3.51. The minimum absolute atomic E-state index is 0.0602. The van der Waals surface area contributed by atoms with Crippen molar-refractivity contribution in [1.82, 2.24) is 0 Å². The Bertz CT molecular complexity index is 1030. The van der Waals surface area contributed by atoms with Crippen LogP contribution in [0.4, 0.5) is 11.4 Å². The fourth-order valence-corrected chi connectivity index (χ4v) is 3.51. The molecule has 2 amide bonds. The van der Waals surface area contributed by atoms with Crippen molar-refractivity contribution in [3.8, 4) is 11.5 Å². The Kier molecular flexibility index (Phi) is 6.17. The maximum atomic E-state index is 12.7. The predicted octanol–water partition coefficient (Wildman–Crippen LogP) is 4.27. The summed E-state index contributed by atoms with van der Waals surface area (Å²) in [6.45, 7) is 0.840. The molecule has 1 N–H and O–H groups in total. The van der Waals surface area contributed by atoms with E-state index in [4.69, 9.17) is 9.47 Å². The Morgan fingerprint density at radius 3 is 2.32 bits per heavy atom. The molecule has 0 bridgehead atoms. The minimum atomic E-state index is -0.399. The first-order valence-electron chi connectivity index (χ1n) is 10.1. The number of benzene rings is 3. The molecule has 1 fully saturated rings. The van der Waals surface area contributed by atoms with Crippen LogP contribution in [-0.2, 0) is 16.2 Å². The van der Waals surface area contributed by atoms with E-state index in [1.807, 2.05) is 54.6 Å². The Balaban J connectivity index is 1.32. The van der Waals surface area contributed by atoms with Crippen molar-refractivity contribution in [3.05, 3.63) is 84.4 Å². The highest BCUT2D eigenvalue weighted by Gasteiger charge is 2.35. The topological polar surface area (TPSA) is 67.9 Å². The average molecular weight is 416 g/mol. The summed E-state index contributed by atoms with van der Waals surface area (Å²) in [5.41, 5.74) is 2.53. The second-order valence-corrected chi connectivity index (χ2v) is 7.39. The zero-order valence-electron chi connectivity index (χ0n) is 17.3. The van der Waals surface area contributed by atoms with Crippen LogP contribution < -0.4 is 19.7 Å². The number of ether oxygens (including phenoxy) is 2. The number of hydrogen-bond acceptors (Lipinski definition) is 4. The van der Waals surface area contributed by atoms with Crippen LogP contribution in [0.15, 0.2) is 78.9 Å². The van der Waals surface area contributed by atoms with E-state index in [-0.39, 0.29) is 18.2 Å². The van der Waals surface area contributed by atoms with Gasteiger partial charge in [-0.2, -0.15) is 0 Å². The second kappa shape index (κ2) is 9.34. The molecule has 1 unspecified atom stereocenters. The number of anilines is 2. The Morgan fingerprint density at radius 2 is 1.65 bits per heavy atom. The molecule has 1 aliphatic rings. The van der Waals surface area contributed by atoms with Crippen LogP contribution in [0.3, 0.4) is 0 Å². The summed E-state index contributed by atoms with van der Waals surface area (Å²) in [7, 11) is 1.60. The van der Waals surface area contributed by atoms with E-state index >= 15 is 0 Å². The number of carbonyl (C=O) groups is 2. The van der Waals surface area contributed by atoms with Crippen LogP contribution >= 0.6 is 0 Å². The van der Waals surface area contributed by atoms with Crippen LogP contribution in [0, 0.1) is 5.92 Å². The molecule has 1 atom stereocenters. The standard InChI is InChI=1S/C25H24N2O4/c1-30-22-13-9-21(10-14-22)27-16-19(15-24(27)28)25(29)26-20-7-11-23(12-8-20)31-17-18-5-3-2-4-6-18/h2-14,19H,15-17H2,1H3,(H,26,29). The maximum absolute atomic E-state index is 12.7. The molecule has 158 valence electrons. The molecular weight excluding hydrogens is 392 g/mol. The summed E-state index contributed by atoms with van der Waals surface area (Å²) < 4.78 is 10.9. The van der Waals surface area contributed by atoms with Crippen LogP contribution in [0.2, 0.25) is 0 Å². The van der Waals surface area contributed by atoms with Gasteiger partial charge in [0.05, 0.1) is 13.0 Å². The Labute approximate surface area is 181 Å². The summed E-state index contributed by atoms with van der Waals surface area (Å²) >= 11 is 0. The van der Waals surface area contributed by atoms with E-state index in [2.05, 4.69) is 5.32 Å². The Hall–Kier alpha value is -3.80. The molecule has 0 saturated carbocycles. The van der Waals surface area contributed by atoms with Gasteiger partial charge in [0.25, 0.3) is 0 Å². The van der Waals surface area contributed by atoms with Gasteiger partial charge in [-0.3, -0.25) is 9.59 Å². The number of methoxy groups -OCH3 is 1. The van der Waals surface area contributed by atoms with Crippen molar-refractivity contribution in [3.63, 3.8) is 0 Å². The molecular formula is C25H24N2O4. The zero-order valence-corrected chi connectivity index (χ0v) is 17.3. The van der Waals surface area contributed by atoms with Crippen LogP contribution in [0.1, 0.15) is 12.0 Å². The lowest BCUT2D eigenvalue weighted by Gasteiger charge is -2.17. The molecule has 6 heteroatoms. The number of nitrogens with one attached hydrogen (secondary N) is 1. The van der Waals surface area contributed by atoms with E-state index in [1.54, 1.807) is 36.3 Å². The Morgan fingerprint density at radius 1 is 0.968 bits per heavy atom. The first-order valence-corrected chi connectivity index (χ1v) is 10.1. The van der Waals surface area contributed by atoms with Gasteiger partial charge in [0, 0.05) is 24.3 Å². The molecule has 1 heterocycles. The van der Waals surface area contributed by atoms with Gasteiger partial charge in [0.1, 0.15) is 18.1 Å². The summed E-state index contributed by atoms with van der Waals surface area (Å²) in [5.74, 6) is 0.824. The molecule has 4 rings (SSSR count). The molecule has 0 aromatic heterocycles. The number of nitrogens with zero attached hydrogens (tertiary/aromatic N) is 1. The van der Waals surface area contributed by atoms with Gasteiger partial charge in [0.2, 0.25) is 11.8 Å². The van der Waals surface area contributed by atoms with Crippen LogP contribution in [0.5, 0.6) is 11.5 Å². The summed E-state index contributed by atoms with van der Waals surface area (Å²) in [6, 6.07) is 24.4. The minimum Gasteiger partial charge on any atom is -0.497 e. The summed E-state index contributed by atoms with van der Waals surface area (Å²) in [4.78, 5) is 26.8. The van der Waals surface area contributed by atoms with Crippen molar-refractivity contribution in [2.45, 2.75) is 13.0 Å². The molecule has 3 aromatic rings. The highest BCUT2D eigenvalue weighted by atomic mass is 16.5. The summed E-state index contributed by atoms with van der Waals surface area (Å²) in [6.07, 6.45) is 0.191. The number of amides is 2. The van der Waals surface area contributed by atoms with Gasteiger partial charge in [-0.25, -0.2) is 0 Å². The van der Waals surface area contributed by atoms with E-state index in [0.717, 1.165) is 22.7 Å². The highest BCUT2D eigenvalue weighted by molar-refractivity contribution is 6.03. The third kappa shape index (κ3) is 5.04. The molecule has 1 saturated heterocycles. The van der Waals surface area contributed by atoms with Crippen molar-refractivity contribution >= 4 is 23.2 Å². The fraction of sp³-hybridized carbons (Fsp3) is 0.200. The van der Waals surface area contributed by atoms with Gasteiger partial charge in [-0.05, 0) is 54.1 Å². The van der Waals surface area contributed by atoms with Crippen LogP contribution in [0.25, 0.3) is 0 Å². The SMILES string of the molecule is COc1ccc(N2CC(C(=O)Nc3ccc(OCc4ccccc4)cc3)CC2=O)cc1. The molecule has 1 aliphatic heterocycles. The lowest BCUT2D eigenvalue weighted by atomic mass is 10.1. The molecule has 31 heavy (non-hydrogen) atoms. The van der Waals surface area contributed by atoms with Gasteiger partial charge in [0.15, 0.2) is 0 Å². The van der Waals surface area contributed by atoms with Gasteiger partial charge in [-0.15, -0.1) is 0 Å². The van der Waals surface area contributed by atoms with E-state index in [1.165, 1.54) is 0 Å². The largest absolute Gasteiger partial charge is 0.497 e. The smallest absolute Gasteiger partial charge is 0.229 e. The second-order valence-electron chi connectivity index (χ2n) is 7.39. The molecule has 0 aliphatic carbocycles. The molecule has 6 nitrogen and oxygen atoms in total. The lowest BCUT2D eigenvalue weighted by molar-refractivity contribution is -0.122. The first-order chi connectivity index (χ1) is 15.1. The van der Waals surface area contributed by atoms with Crippen molar-refractivity contribution in [2.24, 2.45) is 5.92 Å². The monoisotopic (exact) mass is 416 g/mol. The van der Waals surface area contributed by atoms with E-state index in [0.29, 0.717) is 18.8 Å². The maximum Gasteiger partial charge on any atom is 0.229 e. The van der Waals surface area contributed by atoms with E-state index in [9.17, 15) is 9.59 Å². The quantitative estimate of drug-likeness (QED) is 0.625. The normalized spacial score (nSPS) is 15.6. The third-order valence-corrected chi connectivity index (χ3v) is 5.25. The lowest BCUT2D eigenvalue weighted by Crippen LogP contribution is -2.28. The molecule has 0 spiro atoms. The number of carbonyl (C=O) groups excluding carboxylic acids is 2. The molecule has 3 aromatic carbocycles. The first kappa shape index (κ1) is 20.5. The van der Waals surface area contributed by atoms with Gasteiger partial charge < -0.3 is 19.7 Å². The van der Waals surface area contributed by atoms with Crippen molar-refractivity contribution in [2.75, 3.05) is 23.9 Å². The van der Waals surface area contributed by atoms with Crippen LogP contribution in [-0.4, -0.2) is 25.5 Å². The number of hydrogen-bond donors (Lipinski definition) is 1.